The van der Waals surface area contributed by atoms with Crippen molar-refractivity contribution in [2.75, 3.05) is 18.9 Å². The van der Waals surface area contributed by atoms with Gasteiger partial charge in [-0.3, -0.25) is 4.72 Å². The predicted octanol–water partition coefficient (Wildman–Crippen LogP) is 5.57. The van der Waals surface area contributed by atoms with Crippen LogP contribution in [0, 0.1) is 13.8 Å². The Morgan fingerprint density at radius 3 is 2.27 bits per heavy atom. The lowest BCUT2D eigenvalue weighted by molar-refractivity contribution is 0.409. The molecular formula is C22H22ClNO5S. The van der Waals surface area contributed by atoms with Crippen LogP contribution in [0.4, 0.5) is 5.69 Å². The number of hydrogen-bond acceptors (Lipinski definition) is 5. The number of aryl methyl sites for hydroxylation is 2. The molecule has 3 rings (SSSR count). The molecule has 0 saturated carbocycles. The summed E-state index contributed by atoms with van der Waals surface area (Å²) < 4.78 is 45.2. The zero-order chi connectivity index (χ0) is 21.9. The zero-order valence-electron chi connectivity index (χ0n) is 17.0. The standard InChI is InChI=1S/C22H22ClNO5S/c1-14-11-22(15(2)10-21(14)28-4)30(25,26)24-19-12-16(23)8-9-20(19)29-18-7-5-6-17(13-18)27-3/h5-13,24H,1-4H3. The van der Waals surface area contributed by atoms with E-state index in [1.54, 1.807) is 76.6 Å². The molecule has 1 N–H and O–H groups in total. The number of anilines is 1. The Morgan fingerprint density at radius 2 is 1.57 bits per heavy atom. The Kier molecular flexibility index (Phi) is 6.43. The largest absolute Gasteiger partial charge is 0.497 e. The molecule has 0 aromatic heterocycles. The number of benzene rings is 3. The fourth-order valence-electron chi connectivity index (χ4n) is 2.93. The zero-order valence-corrected chi connectivity index (χ0v) is 18.6. The van der Waals surface area contributed by atoms with Crippen molar-refractivity contribution in [2.45, 2.75) is 18.7 Å². The van der Waals surface area contributed by atoms with E-state index in [-0.39, 0.29) is 10.6 Å². The average Bonchev–Trinajstić information content (AvgIpc) is 2.71. The molecule has 30 heavy (non-hydrogen) atoms. The van der Waals surface area contributed by atoms with Crippen LogP contribution in [0.1, 0.15) is 11.1 Å². The van der Waals surface area contributed by atoms with Crippen LogP contribution >= 0.6 is 11.6 Å². The molecule has 0 aliphatic carbocycles. The molecule has 0 aliphatic rings. The number of sulfonamides is 1. The highest BCUT2D eigenvalue weighted by atomic mass is 35.5. The van der Waals surface area contributed by atoms with Crippen molar-refractivity contribution in [3.05, 3.63) is 70.7 Å². The van der Waals surface area contributed by atoms with E-state index in [9.17, 15) is 8.42 Å². The van der Waals surface area contributed by atoms with Gasteiger partial charge in [0.25, 0.3) is 10.0 Å². The summed E-state index contributed by atoms with van der Waals surface area (Å²) in [6, 6.07) is 15.0. The summed E-state index contributed by atoms with van der Waals surface area (Å²) in [6.07, 6.45) is 0. The summed E-state index contributed by atoms with van der Waals surface area (Å²) in [7, 11) is -0.805. The fraction of sp³-hybridized carbons (Fsp3) is 0.182. The molecule has 0 bridgehead atoms. The van der Waals surface area contributed by atoms with E-state index in [0.717, 1.165) is 0 Å². The van der Waals surface area contributed by atoms with Gasteiger partial charge >= 0.3 is 0 Å². The lowest BCUT2D eigenvalue weighted by Crippen LogP contribution is -2.15. The monoisotopic (exact) mass is 447 g/mol. The van der Waals surface area contributed by atoms with E-state index >= 15 is 0 Å². The van der Waals surface area contributed by atoms with Crippen molar-refractivity contribution in [1.29, 1.82) is 0 Å². The van der Waals surface area contributed by atoms with Gasteiger partial charge in [0.2, 0.25) is 0 Å². The lowest BCUT2D eigenvalue weighted by atomic mass is 10.1. The van der Waals surface area contributed by atoms with Crippen molar-refractivity contribution in [2.24, 2.45) is 0 Å². The maximum Gasteiger partial charge on any atom is 0.262 e. The number of rotatable bonds is 7. The van der Waals surface area contributed by atoms with Gasteiger partial charge in [0.05, 0.1) is 24.8 Å². The third kappa shape index (κ3) is 4.80. The second kappa shape index (κ2) is 8.85. The van der Waals surface area contributed by atoms with Crippen molar-refractivity contribution in [1.82, 2.24) is 0 Å². The molecule has 6 nitrogen and oxygen atoms in total. The van der Waals surface area contributed by atoms with Crippen molar-refractivity contribution in [3.63, 3.8) is 0 Å². The SMILES string of the molecule is COc1cccc(Oc2ccc(Cl)cc2NS(=O)(=O)c2cc(C)c(OC)cc2C)c1. The summed E-state index contributed by atoms with van der Waals surface area (Å²) in [6.45, 7) is 3.50. The third-order valence-electron chi connectivity index (χ3n) is 4.44. The van der Waals surface area contributed by atoms with Crippen molar-refractivity contribution >= 4 is 27.3 Å². The highest BCUT2D eigenvalue weighted by Crippen LogP contribution is 2.35. The molecule has 0 atom stereocenters. The van der Waals surface area contributed by atoms with Gasteiger partial charge in [0, 0.05) is 11.1 Å². The lowest BCUT2D eigenvalue weighted by Gasteiger charge is -2.16. The van der Waals surface area contributed by atoms with Gasteiger partial charge in [0.1, 0.15) is 17.2 Å². The summed E-state index contributed by atoms with van der Waals surface area (Å²) in [5, 5.41) is 0.369. The maximum atomic E-state index is 13.1. The Morgan fingerprint density at radius 1 is 0.833 bits per heavy atom. The van der Waals surface area contributed by atoms with Gasteiger partial charge in [0.15, 0.2) is 5.75 Å². The van der Waals surface area contributed by atoms with E-state index in [0.29, 0.717) is 39.1 Å². The molecule has 0 radical (unpaired) electrons. The molecular weight excluding hydrogens is 426 g/mol. The molecule has 3 aromatic carbocycles. The Hall–Kier alpha value is -2.90. The third-order valence-corrected chi connectivity index (χ3v) is 6.18. The molecule has 0 fully saturated rings. The number of nitrogens with one attached hydrogen (secondary N) is 1. The summed E-state index contributed by atoms with van der Waals surface area (Å²) >= 11 is 6.11. The Labute approximate surface area is 181 Å². The molecule has 8 heteroatoms. The van der Waals surface area contributed by atoms with Gasteiger partial charge < -0.3 is 14.2 Å². The minimum absolute atomic E-state index is 0.146. The van der Waals surface area contributed by atoms with Gasteiger partial charge in [-0.25, -0.2) is 8.42 Å². The first-order chi connectivity index (χ1) is 14.2. The minimum atomic E-state index is -3.90. The van der Waals surface area contributed by atoms with E-state index in [1.165, 1.54) is 6.07 Å². The van der Waals surface area contributed by atoms with Gasteiger partial charge in [-0.05, 0) is 67.4 Å². The Balaban J connectivity index is 1.98. The van der Waals surface area contributed by atoms with Crippen LogP contribution in [-0.2, 0) is 10.0 Å². The van der Waals surface area contributed by atoms with Gasteiger partial charge in [-0.1, -0.05) is 17.7 Å². The Bertz CT molecular complexity index is 1180. The maximum absolute atomic E-state index is 13.1. The van der Waals surface area contributed by atoms with Crippen LogP contribution in [0.25, 0.3) is 0 Å². The van der Waals surface area contributed by atoms with Crippen LogP contribution in [-0.4, -0.2) is 22.6 Å². The van der Waals surface area contributed by atoms with E-state index in [2.05, 4.69) is 4.72 Å². The number of hydrogen-bond donors (Lipinski definition) is 1. The second-order valence-electron chi connectivity index (χ2n) is 6.61. The van der Waals surface area contributed by atoms with Crippen LogP contribution in [0.15, 0.2) is 59.5 Å². The molecule has 0 amide bonds. The quantitative estimate of drug-likeness (QED) is 0.512. The molecule has 0 heterocycles. The smallest absolute Gasteiger partial charge is 0.262 e. The van der Waals surface area contributed by atoms with Gasteiger partial charge in [-0.2, -0.15) is 0 Å². The highest BCUT2D eigenvalue weighted by molar-refractivity contribution is 7.92. The number of halogens is 1. The first kappa shape index (κ1) is 21.8. The molecule has 0 unspecified atom stereocenters. The predicted molar refractivity (Wildman–Crippen MR) is 118 cm³/mol. The highest BCUT2D eigenvalue weighted by Gasteiger charge is 2.21. The normalized spacial score (nSPS) is 11.1. The number of methoxy groups -OCH3 is 2. The second-order valence-corrected chi connectivity index (χ2v) is 8.70. The van der Waals surface area contributed by atoms with Crippen molar-refractivity contribution < 1.29 is 22.6 Å². The summed E-state index contributed by atoms with van der Waals surface area (Å²) in [4.78, 5) is 0.146. The van der Waals surface area contributed by atoms with E-state index in [1.807, 2.05) is 0 Å². The first-order valence-electron chi connectivity index (χ1n) is 9.03. The molecule has 158 valence electrons. The topological polar surface area (TPSA) is 73.9 Å². The summed E-state index contributed by atoms with van der Waals surface area (Å²) in [5.41, 5.74) is 1.49. The van der Waals surface area contributed by atoms with Crippen LogP contribution < -0.4 is 18.9 Å². The molecule has 0 spiro atoms. The van der Waals surface area contributed by atoms with Crippen LogP contribution in [0.3, 0.4) is 0 Å². The van der Waals surface area contributed by atoms with Crippen LogP contribution in [0.5, 0.6) is 23.0 Å². The van der Waals surface area contributed by atoms with E-state index < -0.39 is 10.0 Å². The summed E-state index contributed by atoms with van der Waals surface area (Å²) in [5.74, 6) is 2.04. The van der Waals surface area contributed by atoms with Gasteiger partial charge in [-0.15, -0.1) is 0 Å². The minimum Gasteiger partial charge on any atom is -0.497 e. The van der Waals surface area contributed by atoms with Crippen LogP contribution in [0.2, 0.25) is 5.02 Å². The average molecular weight is 448 g/mol. The van der Waals surface area contributed by atoms with Crippen molar-refractivity contribution in [3.8, 4) is 23.0 Å². The first-order valence-corrected chi connectivity index (χ1v) is 10.9. The molecule has 0 saturated heterocycles. The van der Waals surface area contributed by atoms with E-state index in [4.69, 9.17) is 25.8 Å². The molecule has 0 aliphatic heterocycles. The molecule has 3 aromatic rings. The fourth-order valence-corrected chi connectivity index (χ4v) is 4.48. The number of ether oxygens (including phenoxy) is 3.